The van der Waals surface area contributed by atoms with Gasteiger partial charge in [-0.1, -0.05) is 67.1 Å². The van der Waals surface area contributed by atoms with Crippen molar-refractivity contribution in [3.8, 4) is 5.75 Å². The normalized spacial score (nSPS) is 12.5. The fraction of sp³-hybridized carbons (Fsp3) is 0.333. The molecule has 0 aliphatic heterocycles. The molecule has 5 nitrogen and oxygen atoms in total. The van der Waals surface area contributed by atoms with Crippen LogP contribution in [0, 0.1) is 13.8 Å². The van der Waals surface area contributed by atoms with E-state index in [9.17, 15) is 9.59 Å². The Morgan fingerprint density at radius 3 is 2.28 bits per heavy atom. The highest BCUT2D eigenvalue weighted by Crippen LogP contribution is 2.19. The van der Waals surface area contributed by atoms with Crippen molar-refractivity contribution < 1.29 is 14.3 Å². The highest BCUT2D eigenvalue weighted by molar-refractivity contribution is 6.30. The molecule has 1 N–H and O–H groups in total. The number of hydrogen-bond donors (Lipinski definition) is 1. The van der Waals surface area contributed by atoms with Crippen LogP contribution < -0.4 is 10.1 Å². The maximum absolute atomic E-state index is 13.6. The number of ether oxygens (including phenoxy) is 1. The number of carbonyl (C=O) groups excluding carboxylic acids is 2. The quantitative estimate of drug-likeness (QED) is 0.352. The molecule has 0 aliphatic carbocycles. The number of halogens is 1. The molecule has 190 valence electrons. The third-order valence-corrected chi connectivity index (χ3v) is 6.63. The van der Waals surface area contributed by atoms with Crippen LogP contribution >= 0.6 is 11.6 Å². The van der Waals surface area contributed by atoms with Gasteiger partial charge in [0.2, 0.25) is 5.91 Å². The van der Waals surface area contributed by atoms with Crippen LogP contribution in [0.2, 0.25) is 5.02 Å². The molecule has 3 aromatic rings. The summed E-state index contributed by atoms with van der Waals surface area (Å²) in [5.74, 6) is 0.187. The number of carbonyl (C=O) groups is 2. The minimum absolute atomic E-state index is 0.00459. The highest BCUT2D eigenvalue weighted by Gasteiger charge is 2.31. The van der Waals surface area contributed by atoms with E-state index in [-0.39, 0.29) is 31.0 Å². The van der Waals surface area contributed by atoms with E-state index in [2.05, 4.69) is 5.32 Å². The fourth-order valence-electron chi connectivity index (χ4n) is 3.81. The highest BCUT2D eigenvalue weighted by atomic mass is 35.5. The summed E-state index contributed by atoms with van der Waals surface area (Å²) in [6, 6.07) is 22.1. The van der Waals surface area contributed by atoms with E-state index >= 15 is 0 Å². The summed E-state index contributed by atoms with van der Waals surface area (Å²) >= 11 is 6.08. The van der Waals surface area contributed by atoms with Gasteiger partial charge in [-0.05, 0) is 73.7 Å². The van der Waals surface area contributed by atoms with Crippen LogP contribution in [-0.4, -0.2) is 35.4 Å². The van der Waals surface area contributed by atoms with Crippen molar-refractivity contribution >= 4 is 23.4 Å². The Hall–Kier alpha value is -3.31. The molecule has 0 aliphatic rings. The SMILES string of the molecule is CC[C@@H](C)NC(=O)[C@@H](Cc1ccccc1)N(Cc1ccc(Cl)cc1)C(=O)COc1ccc(C)c(C)c1. The van der Waals surface area contributed by atoms with Crippen molar-refractivity contribution in [2.24, 2.45) is 0 Å². The third kappa shape index (κ3) is 7.85. The van der Waals surface area contributed by atoms with Crippen LogP contribution in [0.5, 0.6) is 5.75 Å². The molecule has 3 aromatic carbocycles. The zero-order valence-corrected chi connectivity index (χ0v) is 22.2. The molecule has 2 amide bonds. The summed E-state index contributed by atoms with van der Waals surface area (Å²) in [5, 5.41) is 3.69. The van der Waals surface area contributed by atoms with Gasteiger partial charge in [-0.2, -0.15) is 0 Å². The number of amides is 2. The minimum atomic E-state index is -0.701. The van der Waals surface area contributed by atoms with Gasteiger partial charge in [-0.3, -0.25) is 9.59 Å². The van der Waals surface area contributed by atoms with Crippen LogP contribution in [-0.2, 0) is 22.6 Å². The number of nitrogens with zero attached hydrogens (tertiary/aromatic N) is 1. The van der Waals surface area contributed by atoms with Crippen LogP contribution in [0.15, 0.2) is 72.8 Å². The molecule has 0 saturated heterocycles. The molecular formula is C30H35ClN2O3. The number of rotatable bonds is 11. The Kier molecular flexibility index (Phi) is 9.95. The van der Waals surface area contributed by atoms with Crippen molar-refractivity contribution in [2.45, 2.75) is 59.2 Å². The zero-order valence-electron chi connectivity index (χ0n) is 21.5. The van der Waals surface area contributed by atoms with E-state index in [1.54, 1.807) is 17.0 Å². The van der Waals surface area contributed by atoms with Crippen molar-refractivity contribution in [3.05, 3.63) is 100 Å². The average molecular weight is 507 g/mol. The lowest BCUT2D eigenvalue weighted by molar-refractivity contribution is -0.143. The molecule has 0 radical (unpaired) electrons. The standard InChI is InChI=1S/C30H35ClN2O3/c1-5-23(4)32-30(35)28(18-24-9-7-6-8-10-24)33(19-25-12-14-26(31)15-13-25)29(34)20-36-27-16-11-21(2)22(3)17-27/h6-17,23,28H,5,18-20H2,1-4H3,(H,32,35)/t23-,28-/m1/s1. The summed E-state index contributed by atoms with van der Waals surface area (Å²) in [6.07, 6.45) is 1.19. The maximum Gasteiger partial charge on any atom is 0.261 e. The second-order valence-electron chi connectivity index (χ2n) is 9.21. The Morgan fingerprint density at radius 2 is 1.64 bits per heavy atom. The fourth-order valence-corrected chi connectivity index (χ4v) is 3.94. The van der Waals surface area contributed by atoms with Crippen LogP contribution in [0.3, 0.4) is 0 Å². The van der Waals surface area contributed by atoms with Crippen LogP contribution in [0.25, 0.3) is 0 Å². The summed E-state index contributed by atoms with van der Waals surface area (Å²) in [7, 11) is 0. The molecule has 0 spiro atoms. The lowest BCUT2D eigenvalue weighted by Gasteiger charge is -2.32. The number of hydrogen-bond acceptors (Lipinski definition) is 3. The Bertz CT molecular complexity index is 1150. The average Bonchev–Trinajstić information content (AvgIpc) is 2.88. The van der Waals surface area contributed by atoms with Gasteiger partial charge in [0.05, 0.1) is 0 Å². The maximum atomic E-state index is 13.6. The van der Waals surface area contributed by atoms with Gasteiger partial charge >= 0.3 is 0 Å². The van der Waals surface area contributed by atoms with E-state index in [0.29, 0.717) is 17.2 Å². The molecule has 6 heteroatoms. The Balaban J connectivity index is 1.90. The van der Waals surface area contributed by atoms with Gasteiger partial charge in [-0.25, -0.2) is 0 Å². The van der Waals surface area contributed by atoms with Gasteiger partial charge in [0.1, 0.15) is 11.8 Å². The van der Waals surface area contributed by atoms with E-state index in [4.69, 9.17) is 16.3 Å². The van der Waals surface area contributed by atoms with Crippen molar-refractivity contribution in [1.29, 1.82) is 0 Å². The van der Waals surface area contributed by atoms with Crippen LogP contribution in [0.4, 0.5) is 0 Å². The summed E-state index contributed by atoms with van der Waals surface area (Å²) in [5.41, 5.74) is 4.11. The molecular weight excluding hydrogens is 472 g/mol. The van der Waals surface area contributed by atoms with Crippen molar-refractivity contribution in [3.63, 3.8) is 0 Å². The third-order valence-electron chi connectivity index (χ3n) is 6.38. The monoisotopic (exact) mass is 506 g/mol. The predicted molar refractivity (Wildman–Crippen MR) is 145 cm³/mol. The molecule has 0 heterocycles. The lowest BCUT2D eigenvalue weighted by atomic mass is 10.0. The topological polar surface area (TPSA) is 58.6 Å². The predicted octanol–water partition coefficient (Wildman–Crippen LogP) is 5.89. The van der Waals surface area contributed by atoms with E-state index in [1.807, 2.05) is 88.4 Å². The van der Waals surface area contributed by atoms with E-state index in [0.717, 1.165) is 28.7 Å². The molecule has 0 saturated carbocycles. The first-order valence-electron chi connectivity index (χ1n) is 12.3. The molecule has 0 bridgehead atoms. The van der Waals surface area contributed by atoms with E-state index < -0.39 is 6.04 Å². The molecule has 2 atom stereocenters. The summed E-state index contributed by atoms with van der Waals surface area (Å²) in [4.78, 5) is 28.7. The first-order chi connectivity index (χ1) is 17.3. The van der Waals surface area contributed by atoms with Gasteiger partial charge in [0.15, 0.2) is 6.61 Å². The van der Waals surface area contributed by atoms with Gasteiger partial charge in [-0.15, -0.1) is 0 Å². The Labute approximate surface area is 219 Å². The second kappa shape index (κ2) is 13.1. The number of nitrogens with one attached hydrogen (secondary N) is 1. The van der Waals surface area contributed by atoms with E-state index in [1.165, 1.54) is 0 Å². The summed E-state index contributed by atoms with van der Waals surface area (Å²) < 4.78 is 5.88. The molecule has 0 aromatic heterocycles. The van der Waals surface area contributed by atoms with Crippen molar-refractivity contribution in [2.75, 3.05) is 6.61 Å². The largest absolute Gasteiger partial charge is 0.484 e. The van der Waals surface area contributed by atoms with Gasteiger partial charge < -0.3 is 15.0 Å². The first-order valence-corrected chi connectivity index (χ1v) is 12.7. The molecule has 36 heavy (non-hydrogen) atoms. The smallest absolute Gasteiger partial charge is 0.261 e. The summed E-state index contributed by atoms with van der Waals surface area (Å²) in [6.45, 7) is 8.11. The zero-order chi connectivity index (χ0) is 26.1. The number of aryl methyl sites for hydroxylation is 2. The second-order valence-corrected chi connectivity index (χ2v) is 9.64. The number of benzene rings is 3. The first kappa shape index (κ1) is 27.3. The molecule has 0 unspecified atom stereocenters. The minimum Gasteiger partial charge on any atom is -0.484 e. The van der Waals surface area contributed by atoms with Crippen LogP contribution in [0.1, 0.15) is 42.5 Å². The molecule has 0 fully saturated rings. The Morgan fingerprint density at radius 1 is 0.944 bits per heavy atom. The van der Waals surface area contributed by atoms with Gasteiger partial charge in [0.25, 0.3) is 5.91 Å². The molecule has 3 rings (SSSR count). The van der Waals surface area contributed by atoms with Gasteiger partial charge in [0, 0.05) is 24.0 Å². The van der Waals surface area contributed by atoms with Crippen molar-refractivity contribution in [1.82, 2.24) is 10.2 Å². The lowest BCUT2D eigenvalue weighted by Crippen LogP contribution is -2.53.